The Balaban J connectivity index is 1.64. The molecule has 20 heavy (non-hydrogen) atoms. The van der Waals surface area contributed by atoms with Crippen molar-refractivity contribution in [1.29, 1.82) is 0 Å². The second-order valence-corrected chi connectivity index (χ2v) is 6.64. The van der Waals surface area contributed by atoms with Crippen LogP contribution in [0.3, 0.4) is 0 Å². The average Bonchev–Trinajstić information content (AvgIpc) is 2.93. The van der Waals surface area contributed by atoms with Crippen molar-refractivity contribution < 1.29 is 9.90 Å². The predicted molar refractivity (Wildman–Crippen MR) is 81.1 cm³/mol. The first-order chi connectivity index (χ1) is 9.72. The van der Waals surface area contributed by atoms with Gasteiger partial charge in [0.2, 0.25) is 0 Å². The summed E-state index contributed by atoms with van der Waals surface area (Å²) in [4.78, 5) is 17.6. The number of aliphatic carboxylic acids is 1. The Morgan fingerprint density at radius 1 is 1.45 bits per heavy atom. The van der Waals surface area contributed by atoms with Gasteiger partial charge in [-0.15, -0.1) is 11.3 Å². The summed E-state index contributed by atoms with van der Waals surface area (Å²) in [6.45, 7) is 1.38. The third kappa shape index (κ3) is 3.45. The fourth-order valence-corrected chi connectivity index (χ4v) is 3.70. The average molecular weight is 308 g/mol. The summed E-state index contributed by atoms with van der Waals surface area (Å²) in [5.41, 5.74) is 2.23. The number of hydrogen-bond donors (Lipinski definition) is 1. The van der Waals surface area contributed by atoms with Crippen molar-refractivity contribution >= 4 is 28.6 Å². The smallest absolute Gasteiger partial charge is 0.304 e. The summed E-state index contributed by atoms with van der Waals surface area (Å²) >= 11 is 3.33. The van der Waals surface area contributed by atoms with Gasteiger partial charge in [-0.25, -0.2) is 4.98 Å². The topological polar surface area (TPSA) is 53.4 Å². The van der Waals surface area contributed by atoms with Gasteiger partial charge < -0.3 is 5.11 Å². The maximum absolute atomic E-state index is 10.7. The van der Waals surface area contributed by atoms with Crippen molar-refractivity contribution in [2.75, 3.05) is 6.54 Å². The van der Waals surface area contributed by atoms with E-state index >= 15 is 0 Å². The van der Waals surface area contributed by atoms with Gasteiger partial charge in [-0.2, -0.15) is 11.3 Å². The van der Waals surface area contributed by atoms with Crippen LogP contribution in [0.25, 0.3) is 10.6 Å². The predicted octanol–water partition coefficient (Wildman–Crippen LogP) is 3.31. The molecule has 1 N–H and O–H groups in total. The van der Waals surface area contributed by atoms with Crippen molar-refractivity contribution in [3.8, 4) is 10.6 Å². The molecule has 3 rings (SSSR count). The highest BCUT2D eigenvalue weighted by Crippen LogP contribution is 2.30. The molecule has 0 bridgehead atoms. The molecule has 2 heterocycles. The first-order valence-electron chi connectivity index (χ1n) is 6.65. The fourth-order valence-electron chi connectivity index (χ4n) is 2.18. The molecular formula is C14H16N2O2S2. The lowest BCUT2D eigenvalue weighted by atomic mass is 10.3. The number of hydrogen-bond acceptors (Lipinski definition) is 5. The normalized spacial score (nSPS) is 14.8. The molecule has 6 heteroatoms. The Hall–Kier alpha value is -1.24. The third-order valence-corrected chi connectivity index (χ3v) is 4.98. The quantitative estimate of drug-likeness (QED) is 0.852. The molecule has 2 aromatic rings. The van der Waals surface area contributed by atoms with Crippen LogP contribution in [0.5, 0.6) is 0 Å². The van der Waals surface area contributed by atoms with Crippen molar-refractivity contribution in [3.63, 3.8) is 0 Å². The number of carboxylic acids is 1. The molecule has 4 nitrogen and oxygen atoms in total. The van der Waals surface area contributed by atoms with Crippen molar-refractivity contribution in [1.82, 2.24) is 9.88 Å². The maximum Gasteiger partial charge on any atom is 0.304 e. The second kappa shape index (κ2) is 6.03. The molecule has 0 radical (unpaired) electrons. The molecule has 1 saturated carbocycles. The van der Waals surface area contributed by atoms with Crippen LogP contribution in [0.15, 0.2) is 22.2 Å². The number of rotatable bonds is 7. The standard InChI is InChI=1S/C14H16N2O2S2/c17-13(18)3-5-16(12-1-2-12)7-11-9-20-14(15-11)10-4-6-19-8-10/h4,6,8-9,12H,1-3,5,7H2,(H,17,18). The molecule has 0 aromatic carbocycles. The van der Waals surface area contributed by atoms with E-state index in [0.717, 1.165) is 17.2 Å². The van der Waals surface area contributed by atoms with Gasteiger partial charge in [0.15, 0.2) is 0 Å². The second-order valence-electron chi connectivity index (χ2n) is 5.00. The summed E-state index contributed by atoms with van der Waals surface area (Å²) in [6.07, 6.45) is 2.57. The van der Waals surface area contributed by atoms with Gasteiger partial charge in [-0.1, -0.05) is 0 Å². The summed E-state index contributed by atoms with van der Waals surface area (Å²) in [7, 11) is 0. The van der Waals surface area contributed by atoms with Crippen LogP contribution >= 0.6 is 22.7 Å². The number of thiophene rings is 1. The van der Waals surface area contributed by atoms with E-state index in [9.17, 15) is 4.79 Å². The Morgan fingerprint density at radius 2 is 2.30 bits per heavy atom. The molecule has 0 atom stereocenters. The van der Waals surface area contributed by atoms with Crippen LogP contribution in [-0.4, -0.2) is 33.5 Å². The monoisotopic (exact) mass is 308 g/mol. The van der Waals surface area contributed by atoms with Crippen molar-refractivity contribution in [3.05, 3.63) is 27.9 Å². The molecule has 1 fully saturated rings. The fraction of sp³-hybridized carbons (Fsp3) is 0.429. The highest BCUT2D eigenvalue weighted by molar-refractivity contribution is 7.14. The zero-order valence-electron chi connectivity index (χ0n) is 11.0. The van der Waals surface area contributed by atoms with Crippen LogP contribution in [0.1, 0.15) is 25.0 Å². The highest BCUT2D eigenvalue weighted by Gasteiger charge is 2.29. The Labute approximate surface area is 125 Å². The number of carbonyl (C=O) groups is 1. The number of aromatic nitrogens is 1. The van der Waals surface area contributed by atoms with Crippen LogP contribution in [-0.2, 0) is 11.3 Å². The SMILES string of the molecule is O=C(O)CCN(Cc1csc(-c2ccsc2)n1)C1CC1. The van der Waals surface area contributed by atoms with Gasteiger partial charge in [-0.05, 0) is 24.3 Å². The molecule has 1 aliphatic carbocycles. The van der Waals surface area contributed by atoms with E-state index in [-0.39, 0.29) is 6.42 Å². The molecular weight excluding hydrogens is 292 g/mol. The molecule has 1 aliphatic rings. The minimum Gasteiger partial charge on any atom is -0.481 e. The maximum atomic E-state index is 10.7. The zero-order valence-corrected chi connectivity index (χ0v) is 12.6. The van der Waals surface area contributed by atoms with Gasteiger partial charge >= 0.3 is 5.97 Å². The lowest BCUT2D eigenvalue weighted by Crippen LogP contribution is -2.28. The van der Waals surface area contributed by atoms with E-state index in [1.54, 1.807) is 22.7 Å². The summed E-state index contributed by atoms with van der Waals surface area (Å²) in [6, 6.07) is 2.64. The summed E-state index contributed by atoms with van der Waals surface area (Å²) in [5, 5.41) is 16.1. The summed E-state index contributed by atoms with van der Waals surface area (Å²) < 4.78 is 0. The van der Waals surface area contributed by atoms with E-state index in [4.69, 9.17) is 5.11 Å². The minimum atomic E-state index is -0.729. The molecule has 0 saturated heterocycles. The Kier molecular flexibility index (Phi) is 4.14. The van der Waals surface area contributed by atoms with E-state index in [1.165, 1.54) is 18.4 Å². The van der Waals surface area contributed by atoms with E-state index in [2.05, 4.69) is 32.1 Å². The highest BCUT2D eigenvalue weighted by atomic mass is 32.1. The third-order valence-electron chi connectivity index (χ3n) is 3.36. The molecule has 0 aliphatic heterocycles. The Bertz CT molecular complexity index is 576. The number of nitrogens with zero attached hydrogens (tertiary/aromatic N) is 2. The lowest BCUT2D eigenvalue weighted by molar-refractivity contribution is -0.137. The molecule has 0 unspecified atom stereocenters. The van der Waals surface area contributed by atoms with Crippen LogP contribution < -0.4 is 0 Å². The number of carboxylic acid groups (broad SMARTS) is 1. The molecule has 2 aromatic heterocycles. The molecule has 106 valence electrons. The van der Waals surface area contributed by atoms with Gasteiger partial charge in [-0.3, -0.25) is 9.69 Å². The first kappa shape index (κ1) is 13.7. The van der Waals surface area contributed by atoms with E-state index < -0.39 is 5.97 Å². The zero-order chi connectivity index (χ0) is 13.9. The van der Waals surface area contributed by atoms with Gasteiger partial charge in [0.1, 0.15) is 5.01 Å². The van der Waals surface area contributed by atoms with Crippen LogP contribution in [0.4, 0.5) is 0 Å². The van der Waals surface area contributed by atoms with E-state index in [0.29, 0.717) is 12.6 Å². The number of thiazole rings is 1. The van der Waals surface area contributed by atoms with Crippen molar-refractivity contribution in [2.24, 2.45) is 0 Å². The van der Waals surface area contributed by atoms with Crippen molar-refractivity contribution in [2.45, 2.75) is 31.8 Å². The summed E-state index contributed by atoms with van der Waals surface area (Å²) in [5.74, 6) is -0.729. The largest absolute Gasteiger partial charge is 0.481 e. The van der Waals surface area contributed by atoms with Gasteiger partial charge in [0.25, 0.3) is 0 Å². The minimum absolute atomic E-state index is 0.206. The molecule has 0 spiro atoms. The Morgan fingerprint density at radius 3 is 2.95 bits per heavy atom. The van der Waals surface area contributed by atoms with Crippen LogP contribution in [0, 0.1) is 0 Å². The first-order valence-corrected chi connectivity index (χ1v) is 8.47. The van der Waals surface area contributed by atoms with E-state index in [1.807, 2.05) is 0 Å². The lowest BCUT2D eigenvalue weighted by Gasteiger charge is -2.19. The van der Waals surface area contributed by atoms with Gasteiger partial charge in [0, 0.05) is 35.5 Å². The molecule has 0 amide bonds. The van der Waals surface area contributed by atoms with Crippen LogP contribution in [0.2, 0.25) is 0 Å². The van der Waals surface area contributed by atoms with Gasteiger partial charge in [0.05, 0.1) is 12.1 Å².